The van der Waals surface area contributed by atoms with Gasteiger partial charge in [0.1, 0.15) is 0 Å². The van der Waals surface area contributed by atoms with Crippen LogP contribution in [0.5, 0.6) is 0 Å². The lowest BCUT2D eigenvalue weighted by Gasteiger charge is -2.35. The highest BCUT2D eigenvalue weighted by molar-refractivity contribution is 5.74. The minimum absolute atomic E-state index is 0.00741. The van der Waals surface area contributed by atoms with Crippen LogP contribution < -0.4 is 15.5 Å². The number of hydrogen-bond donors (Lipinski definition) is 2. The van der Waals surface area contributed by atoms with Crippen molar-refractivity contribution in [3.8, 4) is 0 Å². The molecule has 150 valence electrons. The van der Waals surface area contributed by atoms with Crippen LogP contribution in [0.15, 0.2) is 18.5 Å². The Bertz CT molecular complexity index is 575. The quantitative estimate of drug-likeness (QED) is 0.746. The third-order valence-electron chi connectivity index (χ3n) is 6.17. The van der Waals surface area contributed by atoms with Crippen LogP contribution in [0.25, 0.3) is 0 Å². The Balaban J connectivity index is 1.28. The predicted octanol–water partition coefficient (Wildman–Crippen LogP) is 2.11. The Hall–Kier alpha value is -1.89. The number of amides is 2. The molecule has 27 heavy (non-hydrogen) atoms. The highest BCUT2D eigenvalue weighted by Gasteiger charge is 2.28. The molecule has 0 spiro atoms. The van der Waals surface area contributed by atoms with Crippen LogP contribution in [0.1, 0.15) is 39.5 Å². The zero-order valence-electron chi connectivity index (χ0n) is 16.7. The smallest absolute Gasteiger partial charge is 0.315 e. The molecule has 1 saturated carbocycles. The number of anilines is 1. The summed E-state index contributed by atoms with van der Waals surface area (Å²) in [5.74, 6) is 2.08. The van der Waals surface area contributed by atoms with Gasteiger partial charge in [0.25, 0.3) is 0 Å². The summed E-state index contributed by atoms with van der Waals surface area (Å²) in [4.78, 5) is 25.5. The second-order valence-electron chi connectivity index (χ2n) is 8.01. The lowest BCUT2D eigenvalue weighted by molar-refractivity contribution is 0.194. The molecule has 0 radical (unpaired) electrons. The van der Waals surface area contributed by atoms with Crippen LogP contribution in [0, 0.1) is 11.8 Å². The Kier molecular flexibility index (Phi) is 7.26. The van der Waals surface area contributed by atoms with Gasteiger partial charge in [0.2, 0.25) is 5.95 Å². The molecule has 1 aromatic heterocycles. The van der Waals surface area contributed by atoms with Crippen molar-refractivity contribution < 1.29 is 4.79 Å². The van der Waals surface area contributed by atoms with Crippen LogP contribution in [-0.4, -0.2) is 66.2 Å². The number of urea groups is 1. The number of carbonyl (C=O) groups excluding carboxylic acids is 1. The highest BCUT2D eigenvalue weighted by Crippen LogP contribution is 2.29. The second-order valence-corrected chi connectivity index (χ2v) is 8.01. The summed E-state index contributed by atoms with van der Waals surface area (Å²) >= 11 is 0. The largest absolute Gasteiger partial charge is 0.338 e. The summed E-state index contributed by atoms with van der Waals surface area (Å²) in [5, 5.41) is 6.21. The molecule has 3 rings (SSSR count). The Morgan fingerprint density at radius 2 is 1.89 bits per heavy atom. The van der Waals surface area contributed by atoms with E-state index in [4.69, 9.17) is 0 Å². The van der Waals surface area contributed by atoms with Gasteiger partial charge in [0.05, 0.1) is 0 Å². The minimum Gasteiger partial charge on any atom is -0.338 e. The summed E-state index contributed by atoms with van der Waals surface area (Å²) in [6.07, 6.45) is 8.17. The van der Waals surface area contributed by atoms with Gasteiger partial charge in [-0.05, 0) is 37.3 Å². The predicted molar refractivity (Wildman–Crippen MR) is 108 cm³/mol. The fourth-order valence-electron chi connectivity index (χ4n) is 4.14. The van der Waals surface area contributed by atoms with E-state index in [1.54, 1.807) is 12.4 Å². The van der Waals surface area contributed by atoms with Gasteiger partial charge in [-0.25, -0.2) is 14.8 Å². The molecule has 1 aliphatic carbocycles. The van der Waals surface area contributed by atoms with Crippen molar-refractivity contribution in [2.24, 2.45) is 11.8 Å². The molecule has 3 unspecified atom stereocenters. The van der Waals surface area contributed by atoms with Gasteiger partial charge in [-0.1, -0.05) is 26.7 Å². The number of piperazine rings is 1. The van der Waals surface area contributed by atoms with E-state index >= 15 is 0 Å². The van der Waals surface area contributed by atoms with E-state index in [0.29, 0.717) is 17.9 Å². The maximum absolute atomic E-state index is 12.2. The van der Waals surface area contributed by atoms with Crippen LogP contribution in [0.3, 0.4) is 0 Å². The lowest BCUT2D eigenvalue weighted by Crippen LogP contribution is -2.49. The van der Waals surface area contributed by atoms with Crippen LogP contribution in [0.4, 0.5) is 10.7 Å². The molecule has 7 heteroatoms. The number of carbonyl (C=O) groups is 1. The van der Waals surface area contributed by atoms with Gasteiger partial charge in [0.15, 0.2) is 0 Å². The van der Waals surface area contributed by atoms with Crippen molar-refractivity contribution in [1.29, 1.82) is 0 Å². The minimum atomic E-state index is -0.00741. The van der Waals surface area contributed by atoms with Gasteiger partial charge >= 0.3 is 6.03 Å². The summed E-state index contributed by atoms with van der Waals surface area (Å²) in [5.41, 5.74) is 0. The number of rotatable bonds is 6. The molecule has 2 heterocycles. The van der Waals surface area contributed by atoms with Crippen molar-refractivity contribution in [1.82, 2.24) is 25.5 Å². The van der Waals surface area contributed by atoms with Crippen molar-refractivity contribution in [2.75, 3.05) is 44.2 Å². The SMILES string of the molecule is CC1CCCC(NC(=O)NCCCN2CCN(c3ncccn3)CC2)C1C. The normalized spacial score (nSPS) is 26.6. The zero-order valence-corrected chi connectivity index (χ0v) is 16.7. The number of nitrogens with zero attached hydrogens (tertiary/aromatic N) is 4. The van der Waals surface area contributed by atoms with Gasteiger partial charge in [-0.15, -0.1) is 0 Å². The first-order valence-corrected chi connectivity index (χ1v) is 10.4. The molecule has 2 fully saturated rings. The second kappa shape index (κ2) is 9.88. The first kappa shape index (κ1) is 19.9. The van der Waals surface area contributed by atoms with Crippen LogP contribution in [0.2, 0.25) is 0 Å². The molecule has 2 amide bonds. The van der Waals surface area contributed by atoms with E-state index in [0.717, 1.165) is 58.1 Å². The third kappa shape index (κ3) is 5.79. The van der Waals surface area contributed by atoms with Crippen molar-refractivity contribution in [3.05, 3.63) is 18.5 Å². The van der Waals surface area contributed by atoms with E-state index in [1.165, 1.54) is 12.8 Å². The zero-order chi connectivity index (χ0) is 19.1. The molecule has 7 nitrogen and oxygen atoms in total. The molecular weight excluding hydrogens is 340 g/mol. The number of nitrogens with one attached hydrogen (secondary N) is 2. The Morgan fingerprint density at radius 3 is 2.63 bits per heavy atom. The maximum Gasteiger partial charge on any atom is 0.315 e. The summed E-state index contributed by atoms with van der Waals surface area (Å²) < 4.78 is 0. The fourth-order valence-corrected chi connectivity index (χ4v) is 4.14. The van der Waals surface area contributed by atoms with Crippen molar-refractivity contribution in [2.45, 2.75) is 45.6 Å². The number of aromatic nitrogens is 2. The van der Waals surface area contributed by atoms with Gasteiger partial charge in [-0.3, -0.25) is 4.90 Å². The van der Waals surface area contributed by atoms with Crippen molar-refractivity contribution >= 4 is 12.0 Å². The molecule has 1 aliphatic heterocycles. The number of hydrogen-bond acceptors (Lipinski definition) is 5. The van der Waals surface area contributed by atoms with Gasteiger partial charge in [0, 0.05) is 51.2 Å². The molecule has 2 aliphatic rings. The maximum atomic E-state index is 12.2. The van der Waals surface area contributed by atoms with Gasteiger partial charge < -0.3 is 15.5 Å². The molecule has 2 N–H and O–H groups in total. The first-order chi connectivity index (χ1) is 13.1. The summed E-state index contributed by atoms with van der Waals surface area (Å²) in [7, 11) is 0. The lowest BCUT2D eigenvalue weighted by atomic mass is 9.78. The topological polar surface area (TPSA) is 73.4 Å². The van der Waals surface area contributed by atoms with E-state index in [-0.39, 0.29) is 6.03 Å². The monoisotopic (exact) mass is 374 g/mol. The molecule has 0 bridgehead atoms. The fraction of sp³-hybridized carbons (Fsp3) is 0.750. The molecule has 1 aromatic rings. The van der Waals surface area contributed by atoms with Crippen LogP contribution in [-0.2, 0) is 0 Å². The first-order valence-electron chi connectivity index (χ1n) is 10.4. The van der Waals surface area contributed by atoms with Crippen LogP contribution >= 0.6 is 0 Å². The third-order valence-corrected chi connectivity index (χ3v) is 6.17. The highest BCUT2D eigenvalue weighted by atomic mass is 16.2. The van der Waals surface area contributed by atoms with Crippen molar-refractivity contribution in [3.63, 3.8) is 0 Å². The van der Waals surface area contributed by atoms with E-state index in [2.05, 4.69) is 44.2 Å². The Morgan fingerprint density at radius 1 is 1.15 bits per heavy atom. The average Bonchev–Trinajstić information content (AvgIpc) is 2.70. The Labute approximate surface area is 162 Å². The van der Waals surface area contributed by atoms with E-state index in [1.807, 2.05) is 6.07 Å². The molecular formula is C20H34N6O. The summed E-state index contributed by atoms with van der Waals surface area (Å²) in [6.45, 7) is 10.2. The average molecular weight is 375 g/mol. The molecule has 0 aromatic carbocycles. The van der Waals surface area contributed by atoms with E-state index in [9.17, 15) is 4.79 Å². The molecule has 3 atom stereocenters. The standard InChI is InChI=1S/C20H34N6O/c1-16-6-3-7-18(17(16)2)24-20(27)23-10-5-11-25-12-14-26(15-13-25)19-21-8-4-9-22-19/h4,8-9,16-18H,3,5-7,10-15H2,1-2H3,(H2,23,24,27). The van der Waals surface area contributed by atoms with E-state index < -0.39 is 0 Å². The van der Waals surface area contributed by atoms with Gasteiger partial charge in [-0.2, -0.15) is 0 Å². The summed E-state index contributed by atoms with van der Waals surface area (Å²) in [6, 6.07) is 2.16. The molecule has 1 saturated heterocycles.